The first-order valence-corrected chi connectivity index (χ1v) is 9.65. The van der Waals surface area contributed by atoms with Gasteiger partial charge in [-0.25, -0.2) is 0 Å². The number of hydrogen-bond donors (Lipinski definition) is 1. The Labute approximate surface area is 173 Å². The molecule has 158 valence electrons. The average Bonchev–Trinajstić information content (AvgIpc) is 3.57. The van der Waals surface area contributed by atoms with Crippen molar-refractivity contribution in [3.63, 3.8) is 0 Å². The van der Waals surface area contributed by atoms with E-state index in [0.717, 1.165) is 24.9 Å². The van der Waals surface area contributed by atoms with Crippen LogP contribution in [0.2, 0.25) is 0 Å². The largest absolute Gasteiger partial charge is 0.492 e. The summed E-state index contributed by atoms with van der Waals surface area (Å²) in [5, 5.41) is 10.7. The molecule has 2 aromatic rings. The Bertz CT molecular complexity index is 886. The zero-order chi connectivity index (χ0) is 21.6. The van der Waals surface area contributed by atoms with Crippen molar-refractivity contribution in [2.75, 3.05) is 19.7 Å². The van der Waals surface area contributed by atoms with Crippen molar-refractivity contribution >= 4 is 5.91 Å². The molecule has 0 aromatic heterocycles. The SMILES string of the molecule is N#Cc1ccc(OCCN(Cc2ccc(C(=O)NCC(F)(F)F)cc2)C2CC2)cc1. The number of alkyl halides is 3. The Morgan fingerprint density at radius 3 is 2.37 bits per heavy atom. The van der Waals surface area contributed by atoms with E-state index in [-0.39, 0.29) is 5.56 Å². The molecule has 1 amide bonds. The highest BCUT2D eigenvalue weighted by atomic mass is 19.4. The minimum Gasteiger partial charge on any atom is -0.492 e. The number of ether oxygens (including phenoxy) is 1. The van der Waals surface area contributed by atoms with E-state index in [2.05, 4.69) is 11.0 Å². The van der Waals surface area contributed by atoms with Gasteiger partial charge < -0.3 is 10.1 Å². The van der Waals surface area contributed by atoms with Gasteiger partial charge in [-0.3, -0.25) is 9.69 Å². The number of amides is 1. The Hall–Kier alpha value is -3.05. The van der Waals surface area contributed by atoms with Crippen molar-refractivity contribution in [2.24, 2.45) is 0 Å². The van der Waals surface area contributed by atoms with Crippen molar-refractivity contribution in [3.05, 3.63) is 65.2 Å². The van der Waals surface area contributed by atoms with Crippen LogP contribution in [0.25, 0.3) is 0 Å². The predicted molar refractivity (Wildman–Crippen MR) is 105 cm³/mol. The number of hydrogen-bond acceptors (Lipinski definition) is 4. The lowest BCUT2D eigenvalue weighted by atomic mass is 10.1. The molecule has 1 saturated carbocycles. The lowest BCUT2D eigenvalue weighted by Crippen LogP contribution is -2.33. The van der Waals surface area contributed by atoms with E-state index in [0.29, 0.717) is 30.5 Å². The Morgan fingerprint density at radius 2 is 1.80 bits per heavy atom. The van der Waals surface area contributed by atoms with Crippen LogP contribution in [0.4, 0.5) is 13.2 Å². The second-order valence-corrected chi connectivity index (χ2v) is 7.18. The van der Waals surface area contributed by atoms with Gasteiger partial charge >= 0.3 is 6.18 Å². The van der Waals surface area contributed by atoms with Gasteiger partial charge in [-0.1, -0.05) is 12.1 Å². The van der Waals surface area contributed by atoms with Gasteiger partial charge in [0, 0.05) is 24.7 Å². The fraction of sp³-hybridized carbons (Fsp3) is 0.364. The maximum absolute atomic E-state index is 12.2. The van der Waals surface area contributed by atoms with Crippen LogP contribution >= 0.6 is 0 Å². The van der Waals surface area contributed by atoms with E-state index < -0.39 is 18.6 Å². The molecule has 30 heavy (non-hydrogen) atoms. The van der Waals surface area contributed by atoms with Gasteiger partial charge in [-0.05, 0) is 54.8 Å². The fourth-order valence-electron chi connectivity index (χ4n) is 3.02. The van der Waals surface area contributed by atoms with E-state index in [4.69, 9.17) is 10.00 Å². The number of nitriles is 1. The molecule has 1 fully saturated rings. The van der Waals surface area contributed by atoms with Crippen LogP contribution in [0.3, 0.4) is 0 Å². The fourth-order valence-corrected chi connectivity index (χ4v) is 3.02. The van der Waals surface area contributed by atoms with E-state index in [1.807, 2.05) is 5.32 Å². The van der Waals surface area contributed by atoms with E-state index in [1.54, 1.807) is 48.5 Å². The molecule has 1 aliphatic carbocycles. The minimum atomic E-state index is -4.43. The van der Waals surface area contributed by atoms with Crippen LogP contribution < -0.4 is 10.1 Å². The van der Waals surface area contributed by atoms with E-state index in [9.17, 15) is 18.0 Å². The third-order valence-electron chi connectivity index (χ3n) is 4.75. The molecule has 8 heteroatoms. The molecule has 0 unspecified atom stereocenters. The molecule has 1 aliphatic rings. The first-order valence-electron chi connectivity index (χ1n) is 9.65. The molecule has 3 rings (SSSR count). The molecule has 0 spiro atoms. The topological polar surface area (TPSA) is 65.4 Å². The molecule has 5 nitrogen and oxygen atoms in total. The van der Waals surface area contributed by atoms with Crippen molar-refractivity contribution in [1.29, 1.82) is 5.26 Å². The first-order chi connectivity index (χ1) is 14.3. The standard InChI is InChI=1S/C22H22F3N3O2/c23-22(24,25)15-27-21(29)18-5-1-17(2-6-18)14-28(19-7-8-19)11-12-30-20-9-3-16(13-26)4-10-20/h1-6,9-10,19H,7-8,11-12,14-15H2,(H,27,29). The quantitative estimate of drug-likeness (QED) is 0.672. The molecule has 0 heterocycles. The number of halogens is 3. The summed E-state index contributed by atoms with van der Waals surface area (Å²) in [6.45, 7) is 0.549. The molecular weight excluding hydrogens is 395 g/mol. The van der Waals surface area contributed by atoms with E-state index in [1.165, 1.54) is 0 Å². The summed E-state index contributed by atoms with van der Waals surface area (Å²) in [7, 11) is 0. The van der Waals surface area contributed by atoms with Crippen molar-refractivity contribution in [1.82, 2.24) is 10.2 Å². The Kier molecular flexibility index (Phi) is 6.95. The lowest BCUT2D eigenvalue weighted by molar-refractivity contribution is -0.123. The maximum Gasteiger partial charge on any atom is 0.405 e. The minimum absolute atomic E-state index is 0.199. The Balaban J connectivity index is 1.50. The summed E-state index contributed by atoms with van der Waals surface area (Å²) >= 11 is 0. The van der Waals surface area contributed by atoms with Gasteiger partial charge in [0.25, 0.3) is 5.91 Å². The number of benzene rings is 2. The number of carbonyl (C=O) groups is 1. The maximum atomic E-state index is 12.2. The van der Waals surface area contributed by atoms with Crippen molar-refractivity contribution in [2.45, 2.75) is 31.6 Å². The summed E-state index contributed by atoms with van der Waals surface area (Å²) in [6.07, 6.45) is -2.19. The molecule has 0 saturated heterocycles. The van der Waals surface area contributed by atoms with Gasteiger partial charge in [-0.2, -0.15) is 18.4 Å². The zero-order valence-electron chi connectivity index (χ0n) is 16.3. The third-order valence-corrected chi connectivity index (χ3v) is 4.75. The molecule has 0 radical (unpaired) electrons. The highest BCUT2D eigenvalue weighted by Crippen LogP contribution is 2.28. The summed E-state index contributed by atoms with van der Waals surface area (Å²) < 4.78 is 42.4. The van der Waals surface area contributed by atoms with Crippen LogP contribution in [-0.4, -0.2) is 42.7 Å². The summed E-state index contributed by atoms with van der Waals surface area (Å²) in [4.78, 5) is 14.1. The van der Waals surface area contributed by atoms with Gasteiger partial charge in [0.2, 0.25) is 0 Å². The van der Waals surface area contributed by atoms with Gasteiger partial charge in [0.15, 0.2) is 0 Å². The summed E-state index contributed by atoms with van der Waals surface area (Å²) in [6, 6.07) is 16.1. The van der Waals surface area contributed by atoms with Crippen LogP contribution in [-0.2, 0) is 6.54 Å². The first kappa shape index (κ1) is 21.7. The lowest BCUT2D eigenvalue weighted by Gasteiger charge is -2.22. The Morgan fingerprint density at radius 1 is 1.13 bits per heavy atom. The average molecular weight is 417 g/mol. The molecule has 0 bridgehead atoms. The predicted octanol–water partition coefficient (Wildman–Crippen LogP) is 3.89. The molecule has 0 aliphatic heterocycles. The number of rotatable bonds is 9. The van der Waals surface area contributed by atoms with E-state index >= 15 is 0 Å². The van der Waals surface area contributed by atoms with Crippen molar-refractivity contribution < 1.29 is 22.7 Å². The monoisotopic (exact) mass is 417 g/mol. The number of nitrogens with zero attached hydrogens (tertiary/aromatic N) is 2. The van der Waals surface area contributed by atoms with Crippen molar-refractivity contribution in [3.8, 4) is 11.8 Å². The number of carbonyl (C=O) groups excluding carboxylic acids is 1. The zero-order valence-corrected chi connectivity index (χ0v) is 16.3. The van der Waals surface area contributed by atoms with Crippen LogP contribution in [0.5, 0.6) is 5.75 Å². The second-order valence-electron chi connectivity index (χ2n) is 7.18. The third kappa shape index (κ3) is 6.78. The molecule has 2 aromatic carbocycles. The highest BCUT2D eigenvalue weighted by molar-refractivity contribution is 5.94. The van der Waals surface area contributed by atoms with Crippen LogP contribution in [0, 0.1) is 11.3 Å². The van der Waals surface area contributed by atoms with Crippen LogP contribution in [0.1, 0.15) is 34.3 Å². The molecular formula is C22H22F3N3O2. The summed E-state index contributed by atoms with van der Waals surface area (Å²) in [5.41, 5.74) is 1.76. The molecule has 1 N–H and O–H groups in total. The number of nitrogens with one attached hydrogen (secondary N) is 1. The van der Waals surface area contributed by atoms with Gasteiger partial charge in [0.05, 0.1) is 11.6 Å². The van der Waals surface area contributed by atoms with Gasteiger partial charge in [0.1, 0.15) is 18.9 Å². The normalized spacial score (nSPS) is 13.7. The summed E-state index contributed by atoms with van der Waals surface area (Å²) in [5.74, 6) is -0.0345. The highest BCUT2D eigenvalue weighted by Gasteiger charge is 2.29. The molecule has 0 atom stereocenters. The van der Waals surface area contributed by atoms with Gasteiger partial charge in [-0.15, -0.1) is 0 Å². The van der Waals surface area contributed by atoms with Crippen LogP contribution in [0.15, 0.2) is 48.5 Å². The smallest absolute Gasteiger partial charge is 0.405 e. The second kappa shape index (κ2) is 9.63.